The Morgan fingerprint density at radius 1 is 1.21 bits per heavy atom. The Morgan fingerprint density at radius 3 is 2.68 bits per heavy atom. The molecular formula is C15H20N2O2. The highest BCUT2D eigenvalue weighted by atomic mass is 16.6. The second-order valence-electron chi connectivity index (χ2n) is 4.68. The number of rotatable bonds is 6. The first kappa shape index (κ1) is 13.7. The van der Waals surface area contributed by atoms with E-state index < -0.39 is 0 Å². The Labute approximate surface area is 114 Å². The molecule has 0 saturated heterocycles. The topological polar surface area (TPSA) is 54.3 Å². The lowest BCUT2D eigenvalue weighted by molar-refractivity contribution is 0.171. The molecule has 1 aromatic rings. The zero-order valence-electron chi connectivity index (χ0n) is 11.4. The Morgan fingerprint density at radius 2 is 1.95 bits per heavy atom. The summed E-state index contributed by atoms with van der Waals surface area (Å²) in [6.07, 6.45) is 2.50. The second kappa shape index (κ2) is 7.01. The predicted molar refractivity (Wildman–Crippen MR) is 73.6 cm³/mol. The summed E-state index contributed by atoms with van der Waals surface area (Å²) in [6, 6.07) is 6.29. The molecule has 0 amide bonds. The molecule has 4 nitrogen and oxygen atoms in total. The maximum Gasteiger partial charge on any atom is 0.161 e. The van der Waals surface area contributed by atoms with Crippen molar-refractivity contribution in [1.82, 2.24) is 5.32 Å². The number of unbranched alkanes of at least 4 members (excludes halogenated alkanes) is 1. The van der Waals surface area contributed by atoms with Crippen molar-refractivity contribution < 1.29 is 9.47 Å². The fraction of sp³-hybridized carbons (Fsp3) is 0.533. The third-order valence-electron chi connectivity index (χ3n) is 3.21. The van der Waals surface area contributed by atoms with Crippen LogP contribution in [-0.2, 0) is 6.42 Å². The van der Waals surface area contributed by atoms with E-state index in [2.05, 4.69) is 30.4 Å². The van der Waals surface area contributed by atoms with Gasteiger partial charge in [-0.1, -0.05) is 0 Å². The summed E-state index contributed by atoms with van der Waals surface area (Å²) in [5, 5.41) is 11.8. The fourth-order valence-electron chi connectivity index (χ4n) is 2.14. The van der Waals surface area contributed by atoms with E-state index in [1.165, 1.54) is 11.1 Å². The summed E-state index contributed by atoms with van der Waals surface area (Å²) in [5.41, 5.74) is 2.53. The van der Waals surface area contributed by atoms with Crippen molar-refractivity contribution in [2.45, 2.75) is 26.2 Å². The van der Waals surface area contributed by atoms with Gasteiger partial charge in [-0.15, -0.1) is 0 Å². The maximum absolute atomic E-state index is 8.45. The molecule has 1 aliphatic heterocycles. The molecule has 0 saturated carbocycles. The highest BCUT2D eigenvalue weighted by molar-refractivity contribution is 5.47. The summed E-state index contributed by atoms with van der Waals surface area (Å²) in [7, 11) is 0. The molecule has 19 heavy (non-hydrogen) atoms. The van der Waals surface area contributed by atoms with Gasteiger partial charge in [-0.05, 0) is 56.1 Å². The lowest BCUT2D eigenvalue weighted by Gasteiger charge is -2.20. The standard InChI is InChI=1S/C15H20N2O2/c1-12-10-14-15(19-9-8-18-14)11-13(12)4-7-17-6-3-2-5-16/h10-11,17H,2-4,6-9H2,1H3. The number of nitrogens with one attached hydrogen (secondary N) is 1. The number of hydrogen-bond acceptors (Lipinski definition) is 4. The van der Waals surface area contributed by atoms with Gasteiger partial charge in [0.15, 0.2) is 11.5 Å². The van der Waals surface area contributed by atoms with Gasteiger partial charge in [-0.25, -0.2) is 0 Å². The SMILES string of the molecule is Cc1cc2c(cc1CCNCCCC#N)OCCO2. The molecule has 102 valence electrons. The first-order valence-corrected chi connectivity index (χ1v) is 6.78. The molecule has 0 bridgehead atoms. The van der Waals surface area contributed by atoms with Crippen molar-refractivity contribution in [1.29, 1.82) is 5.26 Å². The minimum atomic E-state index is 0.621. The quantitative estimate of drug-likeness (QED) is 0.797. The zero-order valence-corrected chi connectivity index (χ0v) is 11.4. The van der Waals surface area contributed by atoms with Gasteiger partial charge in [0.2, 0.25) is 0 Å². The lowest BCUT2D eigenvalue weighted by atomic mass is 10.0. The molecular weight excluding hydrogens is 240 g/mol. The number of benzene rings is 1. The van der Waals surface area contributed by atoms with Gasteiger partial charge in [-0.3, -0.25) is 0 Å². The average molecular weight is 260 g/mol. The molecule has 1 N–H and O–H groups in total. The lowest BCUT2D eigenvalue weighted by Crippen LogP contribution is -2.19. The predicted octanol–water partition coefficient (Wildman–Crippen LogP) is 2.20. The van der Waals surface area contributed by atoms with Crippen LogP contribution in [0.2, 0.25) is 0 Å². The molecule has 4 heteroatoms. The highest BCUT2D eigenvalue weighted by Gasteiger charge is 2.13. The second-order valence-corrected chi connectivity index (χ2v) is 4.68. The largest absolute Gasteiger partial charge is 0.486 e. The maximum atomic E-state index is 8.45. The zero-order chi connectivity index (χ0) is 13.5. The van der Waals surface area contributed by atoms with E-state index in [9.17, 15) is 0 Å². The number of nitriles is 1. The van der Waals surface area contributed by atoms with Gasteiger partial charge < -0.3 is 14.8 Å². The van der Waals surface area contributed by atoms with E-state index in [-0.39, 0.29) is 0 Å². The Balaban J connectivity index is 1.85. The summed E-state index contributed by atoms with van der Waals surface area (Å²) >= 11 is 0. The van der Waals surface area contributed by atoms with E-state index in [0.717, 1.165) is 37.4 Å². The first-order valence-electron chi connectivity index (χ1n) is 6.78. The smallest absolute Gasteiger partial charge is 0.161 e. The van der Waals surface area contributed by atoms with Crippen molar-refractivity contribution in [2.24, 2.45) is 0 Å². The van der Waals surface area contributed by atoms with Crippen molar-refractivity contribution >= 4 is 0 Å². The summed E-state index contributed by atoms with van der Waals surface area (Å²) in [5.74, 6) is 1.71. The number of fused-ring (bicyclic) bond motifs is 1. The van der Waals surface area contributed by atoms with Crippen LogP contribution in [0.4, 0.5) is 0 Å². The first-order chi connectivity index (χ1) is 9.31. The number of ether oxygens (including phenoxy) is 2. The van der Waals surface area contributed by atoms with Gasteiger partial charge in [0.05, 0.1) is 6.07 Å². The molecule has 1 heterocycles. The highest BCUT2D eigenvalue weighted by Crippen LogP contribution is 2.33. The van der Waals surface area contributed by atoms with Crippen molar-refractivity contribution in [3.05, 3.63) is 23.3 Å². The molecule has 1 aliphatic rings. The summed E-state index contributed by atoms with van der Waals surface area (Å²) in [6.45, 7) is 5.18. The number of nitrogens with zero attached hydrogens (tertiary/aromatic N) is 1. The van der Waals surface area contributed by atoms with Crippen LogP contribution in [0.5, 0.6) is 11.5 Å². The Bertz CT molecular complexity index is 466. The van der Waals surface area contributed by atoms with Crippen molar-refractivity contribution in [3.63, 3.8) is 0 Å². The van der Waals surface area contributed by atoms with Crippen LogP contribution in [0.1, 0.15) is 24.0 Å². The molecule has 0 aromatic heterocycles. The van der Waals surface area contributed by atoms with Crippen LogP contribution in [0, 0.1) is 18.3 Å². The van der Waals surface area contributed by atoms with E-state index in [1.54, 1.807) is 0 Å². The van der Waals surface area contributed by atoms with Gasteiger partial charge in [-0.2, -0.15) is 5.26 Å². The summed E-state index contributed by atoms with van der Waals surface area (Å²) in [4.78, 5) is 0. The van der Waals surface area contributed by atoms with Gasteiger partial charge in [0, 0.05) is 6.42 Å². The van der Waals surface area contributed by atoms with E-state index >= 15 is 0 Å². The Kier molecular flexibility index (Phi) is 5.05. The van der Waals surface area contributed by atoms with Gasteiger partial charge in [0.25, 0.3) is 0 Å². The molecule has 0 aliphatic carbocycles. The van der Waals surface area contributed by atoms with Crippen LogP contribution < -0.4 is 14.8 Å². The average Bonchev–Trinajstić information content (AvgIpc) is 2.43. The fourth-order valence-corrected chi connectivity index (χ4v) is 2.14. The van der Waals surface area contributed by atoms with E-state index in [4.69, 9.17) is 14.7 Å². The normalized spacial score (nSPS) is 13.1. The van der Waals surface area contributed by atoms with Crippen LogP contribution >= 0.6 is 0 Å². The number of aryl methyl sites for hydroxylation is 1. The monoisotopic (exact) mass is 260 g/mol. The molecule has 2 rings (SSSR count). The minimum absolute atomic E-state index is 0.621. The Hall–Kier alpha value is -1.73. The molecule has 0 fully saturated rings. The van der Waals surface area contributed by atoms with Gasteiger partial charge >= 0.3 is 0 Å². The summed E-state index contributed by atoms with van der Waals surface area (Å²) < 4.78 is 11.2. The third-order valence-corrected chi connectivity index (χ3v) is 3.21. The molecule has 0 unspecified atom stereocenters. The number of hydrogen-bond donors (Lipinski definition) is 1. The van der Waals surface area contributed by atoms with Crippen LogP contribution in [0.3, 0.4) is 0 Å². The van der Waals surface area contributed by atoms with E-state index in [1.807, 2.05) is 0 Å². The van der Waals surface area contributed by atoms with Crippen molar-refractivity contribution in [2.75, 3.05) is 26.3 Å². The van der Waals surface area contributed by atoms with Crippen LogP contribution in [-0.4, -0.2) is 26.3 Å². The third kappa shape index (κ3) is 3.87. The van der Waals surface area contributed by atoms with Crippen molar-refractivity contribution in [3.8, 4) is 17.6 Å². The molecule has 0 spiro atoms. The van der Waals surface area contributed by atoms with Crippen LogP contribution in [0.15, 0.2) is 12.1 Å². The van der Waals surface area contributed by atoms with Crippen LogP contribution in [0.25, 0.3) is 0 Å². The molecule has 1 aromatic carbocycles. The molecule has 0 atom stereocenters. The van der Waals surface area contributed by atoms with E-state index in [0.29, 0.717) is 19.6 Å². The van der Waals surface area contributed by atoms with Gasteiger partial charge in [0.1, 0.15) is 13.2 Å². The molecule has 0 radical (unpaired) electrons. The minimum Gasteiger partial charge on any atom is -0.486 e.